The Balaban J connectivity index is 1.90. The van der Waals surface area contributed by atoms with E-state index in [1.165, 1.54) is 30.7 Å². The van der Waals surface area contributed by atoms with Gasteiger partial charge in [-0.3, -0.25) is 14.6 Å². The molecule has 148 valence electrons. The van der Waals surface area contributed by atoms with Crippen LogP contribution in [0.4, 0.5) is 5.82 Å². The summed E-state index contributed by atoms with van der Waals surface area (Å²) in [4.78, 5) is 32.6. The number of aromatic nitrogens is 2. The van der Waals surface area contributed by atoms with Crippen LogP contribution in [-0.4, -0.2) is 36.3 Å². The number of rotatable bonds is 6. The lowest BCUT2D eigenvalue weighted by Crippen LogP contribution is -2.24. The van der Waals surface area contributed by atoms with Gasteiger partial charge in [-0.2, -0.15) is 0 Å². The standard InChI is InChI=1S/C19H20ClN3O4S/c1-28(26,27)17-5-3-13(10-16(17)20)15(9-12-2-4-14(24)8-12)19(25)23-18-11-21-6-7-22-18/h3,5-7,10-12,15H,2,4,8-9H2,1H3,(H,22,23,25)/t12-,15+/m0/s1. The summed E-state index contributed by atoms with van der Waals surface area (Å²) in [6.07, 6.45) is 7.67. The lowest BCUT2D eigenvalue weighted by atomic mass is 9.87. The highest BCUT2D eigenvalue weighted by Gasteiger charge is 2.30. The molecule has 28 heavy (non-hydrogen) atoms. The quantitative estimate of drug-likeness (QED) is 0.768. The molecule has 2 atom stereocenters. The molecule has 0 unspecified atom stereocenters. The molecule has 1 fully saturated rings. The first-order valence-electron chi connectivity index (χ1n) is 8.82. The highest BCUT2D eigenvalue weighted by molar-refractivity contribution is 7.90. The van der Waals surface area contributed by atoms with Crippen LogP contribution in [0.25, 0.3) is 0 Å². The van der Waals surface area contributed by atoms with Crippen molar-refractivity contribution in [3.8, 4) is 0 Å². The Labute approximate surface area is 168 Å². The zero-order valence-electron chi connectivity index (χ0n) is 15.3. The summed E-state index contributed by atoms with van der Waals surface area (Å²) in [6.45, 7) is 0. The number of nitrogens with zero attached hydrogens (tertiary/aromatic N) is 2. The number of carbonyl (C=O) groups is 2. The van der Waals surface area contributed by atoms with E-state index in [1.54, 1.807) is 6.07 Å². The van der Waals surface area contributed by atoms with Gasteiger partial charge in [0.25, 0.3) is 0 Å². The first kappa shape index (κ1) is 20.4. The fourth-order valence-electron chi connectivity index (χ4n) is 3.43. The maximum atomic E-state index is 13.0. The van der Waals surface area contributed by atoms with Crippen LogP contribution in [0, 0.1) is 5.92 Å². The molecule has 0 aliphatic heterocycles. The van der Waals surface area contributed by atoms with Crippen molar-refractivity contribution in [3.63, 3.8) is 0 Å². The maximum absolute atomic E-state index is 13.0. The number of halogens is 1. The Hall–Kier alpha value is -2.32. The summed E-state index contributed by atoms with van der Waals surface area (Å²) in [7, 11) is -3.47. The van der Waals surface area contributed by atoms with E-state index >= 15 is 0 Å². The van der Waals surface area contributed by atoms with Crippen molar-refractivity contribution in [2.24, 2.45) is 5.92 Å². The number of carbonyl (C=O) groups excluding carboxylic acids is 2. The summed E-state index contributed by atoms with van der Waals surface area (Å²) in [5, 5.41) is 2.80. The average molecular weight is 422 g/mol. The van der Waals surface area contributed by atoms with Gasteiger partial charge in [-0.05, 0) is 36.5 Å². The largest absolute Gasteiger partial charge is 0.309 e. The van der Waals surface area contributed by atoms with Crippen molar-refractivity contribution in [2.75, 3.05) is 11.6 Å². The number of Topliss-reactive ketones (excluding diaryl/α,β-unsaturated/α-hetero) is 1. The number of nitrogens with one attached hydrogen (secondary N) is 1. The Bertz CT molecular complexity index is 995. The minimum atomic E-state index is -3.47. The molecule has 7 nitrogen and oxygen atoms in total. The molecule has 0 bridgehead atoms. The van der Waals surface area contributed by atoms with Gasteiger partial charge in [-0.15, -0.1) is 0 Å². The molecule has 1 amide bonds. The van der Waals surface area contributed by atoms with Gasteiger partial charge < -0.3 is 5.32 Å². The van der Waals surface area contributed by atoms with E-state index in [2.05, 4.69) is 15.3 Å². The Morgan fingerprint density at radius 2 is 2.14 bits per heavy atom. The predicted octanol–water partition coefficient (Wildman–Crippen LogP) is 3.02. The topological polar surface area (TPSA) is 106 Å². The summed E-state index contributed by atoms with van der Waals surface area (Å²) >= 11 is 6.18. The van der Waals surface area contributed by atoms with Crippen molar-refractivity contribution in [2.45, 2.75) is 36.5 Å². The van der Waals surface area contributed by atoms with Crippen molar-refractivity contribution in [1.82, 2.24) is 9.97 Å². The molecule has 0 saturated heterocycles. The minimum absolute atomic E-state index is 0.0158. The lowest BCUT2D eigenvalue weighted by molar-refractivity contribution is -0.119. The number of anilines is 1. The van der Waals surface area contributed by atoms with E-state index in [4.69, 9.17) is 11.6 Å². The van der Waals surface area contributed by atoms with Gasteiger partial charge in [-0.1, -0.05) is 17.7 Å². The summed E-state index contributed by atoms with van der Waals surface area (Å²) in [5.41, 5.74) is 0.595. The van der Waals surface area contributed by atoms with Gasteiger partial charge in [0.05, 0.1) is 22.0 Å². The van der Waals surface area contributed by atoms with Crippen LogP contribution in [0.3, 0.4) is 0 Å². The van der Waals surface area contributed by atoms with Crippen molar-refractivity contribution in [1.29, 1.82) is 0 Å². The summed E-state index contributed by atoms with van der Waals surface area (Å²) in [6, 6.07) is 4.52. The smallest absolute Gasteiger partial charge is 0.233 e. The van der Waals surface area contributed by atoms with Gasteiger partial charge in [0.15, 0.2) is 15.7 Å². The molecule has 0 radical (unpaired) electrons. The first-order chi connectivity index (χ1) is 13.2. The average Bonchev–Trinajstić information content (AvgIpc) is 3.04. The zero-order chi connectivity index (χ0) is 20.3. The van der Waals surface area contributed by atoms with Gasteiger partial charge in [0.1, 0.15) is 5.78 Å². The highest BCUT2D eigenvalue weighted by Crippen LogP contribution is 2.35. The summed E-state index contributed by atoms with van der Waals surface area (Å²) < 4.78 is 23.6. The van der Waals surface area contributed by atoms with E-state index in [1.807, 2.05) is 0 Å². The number of benzene rings is 1. The molecule has 1 N–H and O–H groups in total. The Kier molecular flexibility index (Phi) is 6.10. The number of ketones is 1. The molecule has 0 spiro atoms. The zero-order valence-corrected chi connectivity index (χ0v) is 16.8. The fourth-order valence-corrected chi connectivity index (χ4v) is 4.77. The van der Waals surface area contributed by atoms with E-state index in [-0.39, 0.29) is 27.5 Å². The SMILES string of the molecule is CS(=O)(=O)c1ccc([C@@H](C[C@H]2CCC(=O)C2)C(=O)Nc2cnccn2)cc1Cl. The van der Waals surface area contributed by atoms with E-state index in [0.29, 0.717) is 30.6 Å². The van der Waals surface area contributed by atoms with Crippen molar-refractivity contribution < 1.29 is 18.0 Å². The number of hydrogen-bond acceptors (Lipinski definition) is 6. The van der Waals surface area contributed by atoms with Crippen LogP contribution < -0.4 is 5.32 Å². The number of sulfone groups is 1. The van der Waals surface area contributed by atoms with Crippen LogP contribution in [0.2, 0.25) is 5.02 Å². The molecule has 1 aromatic heterocycles. The second kappa shape index (κ2) is 8.36. The Morgan fingerprint density at radius 3 is 2.71 bits per heavy atom. The highest BCUT2D eigenvalue weighted by atomic mass is 35.5. The molecule has 1 saturated carbocycles. The number of amides is 1. The van der Waals surface area contributed by atoms with Crippen LogP contribution >= 0.6 is 11.6 Å². The van der Waals surface area contributed by atoms with Crippen molar-refractivity contribution >= 4 is 38.9 Å². The van der Waals surface area contributed by atoms with Gasteiger partial charge in [-0.25, -0.2) is 13.4 Å². The maximum Gasteiger partial charge on any atom is 0.233 e. The Morgan fingerprint density at radius 1 is 1.36 bits per heavy atom. The van der Waals surface area contributed by atoms with Gasteiger partial charge >= 0.3 is 0 Å². The molecular weight excluding hydrogens is 402 g/mol. The second-order valence-corrected chi connectivity index (χ2v) is 9.37. The summed E-state index contributed by atoms with van der Waals surface area (Å²) in [5.74, 6) is -0.284. The van der Waals surface area contributed by atoms with Crippen LogP contribution in [-0.2, 0) is 19.4 Å². The van der Waals surface area contributed by atoms with E-state index in [9.17, 15) is 18.0 Å². The molecule has 1 heterocycles. The molecule has 1 aliphatic carbocycles. The van der Waals surface area contributed by atoms with Crippen LogP contribution in [0.15, 0.2) is 41.7 Å². The van der Waals surface area contributed by atoms with E-state index in [0.717, 1.165) is 12.7 Å². The second-order valence-electron chi connectivity index (χ2n) is 6.98. The van der Waals surface area contributed by atoms with Crippen LogP contribution in [0.5, 0.6) is 0 Å². The predicted molar refractivity (Wildman–Crippen MR) is 105 cm³/mol. The molecule has 2 aromatic rings. The number of hydrogen-bond donors (Lipinski definition) is 1. The lowest BCUT2D eigenvalue weighted by Gasteiger charge is -2.20. The minimum Gasteiger partial charge on any atom is -0.309 e. The normalized spacial score (nSPS) is 18.1. The molecule has 1 aliphatic rings. The van der Waals surface area contributed by atoms with Crippen LogP contribution in [0.1, 0.15) is 37.2 Å². The third-order valence-electron chi connectivity index (χ3n) is 4.81. The molecule has 1 aromatic carbocycles. The third-order valence-corrected chi connectivity index (χ3v) is 6.39. The molecule has 3 rings (SSSR count). The third kappa shape index (κ3) is 4.94. The monoisotopic (exact) mass is 421 g/mol. The van der Waals surface area contributed by atoms with Gasteiger partial charge in [0.2, 0.25) is 5.91 Å². The van der Waals surface area contributed by atoms with Crippen molar-refractivity contribution in [3.05, 3.63) is 47.4 Å². The molecule has 9 heteroatoms. The fraction of sp³-hybridized carbons (Fsp3) is 0.368. The van der Waals surface area contributed by atoms with Gasteiger partial charge in [0, 0.05) is 31.5 Å². The van der Waals surface area contributed by atoms with E-state index < -0.39 is 15.8 Å². The molecular formula is C19H20ClN3O4S. The first-order valence-corrected chi connectivity index (χ1v) is 11.1.